The molecule has 0 aromatic heterocycles. The number of hydrogen-bond acceptors (Lipinski definition) is 1. The Balaban J connectivity index is 1.49. The van der Waals surface area contributed by atoms with E-state index in [1.807, 2.05) is 0 Å². The minimum atomic E-state index is -0.0268. The summed E-state index contributed by atoms with van der Waals surface area (Å²) < 4.78 is 0. The van der Waals surface area contributed by atoms with Crippen LogP contribution in [0, 0.1) is 22.7 Å². The summed E-state index contributed by atoms with van der Waals surface area (Å²) in [7, 11) is 0. The van der Waals surface area contributed by atoms with Gasteiger partial charge in [-0.2, -0.15) is 5.26 Å². The fourth-order valence-electron chi connectivity index (χ4n) is 5.91. The zero-order valence-electron chi connectivity index (χ0n) is 18.4. The van der Waals surface area contributed by atoms with Gasteiger partial charge in [0.1, 0.15) is 0 Å². The molecule has 0 amide bonds. The summed E-state index contributed by atoms with van der Waals surface area (Å²) in [5, 5.41) is 9.64. The van der Waals surface area contributed by atoms with E-state index in [0.29, 0.717) is 5.92 Å². The van der Waals surface area contributed by atoms with Gasteiger partial charge in [0.25, 0.3) is 0 Å². The average molecular weight is 380 g/mol. The molecule has 2 aliphatic rings. The lowest BCUT2D eigenvalue weighted by Crippen LogP contribution is -2.25. The number of rotatable bonds is 8. The number of benzene rings is 1. The van der Waals surface area contributed by atoms with Crippen LogP contribution in [0.4, 0.5) is 0 Å². The molecule has 2 saturated carbocycles. The topological polar surface area (TPSA) is 23.8 Å². The van der Waals surface area contributed by atoms with Crippen LogP contribution in [0.25, 0.3) is 0 Å². The maximum Gasteiger partial charge on any atom is 0.0689 e. The first-order valence-corrected chi connectivity index (χ1v) is 12.2. The molecule has 0 unspecified atom stereocenters. The first kappa shape index (κ1) is 21.4. The lowest BCUT2D eigenvalue weighted by Gasteiger charge is -2.35. The Hall–Kier alpha value is -1.29. The molecule has 154 valence electrons. The van der Waals surface area contributed by atoms with Gasteiger partial charge in [-0.15, -0.1) is 0 Å². The second-order valence-corrected chi connectivity index (χ2v) is 9.80. The summed E-state index contributed by atoms with van der Waals surface area (Å²) in [6.45, 7) is 4.52. The molecule has 0 N–H and O–H groups in total. The summed E-state index contributed by atoms with van der Waals surface area (Å²) in [6, 6.07) is 12.3. The van der Waals surface area contributed by atoms with Crippen molar-refractivity contribution in [3.8, 4) is 6.07 Å². The highest BCUT2D eigenvalue weighted by atomic mass is 14.4. The average Bonchev–Trinajstić information content (AvgIpc) is 2.75. The van der Waals surface area contributed by atoms with Crippen molar-refractivity contribution in [3.05, 3.63) is 35.4 Å². The lowest BCUT2D eigenvalue weighted by atomic mass is 9.67. The van der Waals surface area contributed by atoms with E-state index in [-0.39, 0.29) is 5.41 Å². The Morgan fingerprint density at radius 1 is 0.821 bits per heavy atom. The van der Waals surface area contributed by atoms with Crippen molar-refractivity contribution >= 4 is 0 Å². The Kier molecular flexibility index (Phi) is 8.01. The normalized spacial score (nSPS) is 30.7. The maximum absolute atomic E-state index is 9.64. The van der Waals surface area contributed by atoms with Crippen LogP contribution >= 0.6 is 0 Å². The third-order valence-corrected chi connectivity index (χ3v) is 7.85. The van der Waals surface area contributed by atoms with E-state index in [4.69, 9.17) is 0 Å². The van der Waals surface area contributed by atoms with Gasteiger partial charge in [-0.05, 0) is 86.7 Å². The molecule has 1 aromatic carbocycles. The SMILES string of the molecule is CCCCC[C@H]1CC[C@H](c2ccc([C@H]3CC[C@@](C#N)(CCC)CC3)cc2)CC1. The smallest absolute Gasteiger partial charge is 0.0689 e. The molecule has 0 aliphatic heterocycles. The molecule has 0 saturated heterocycles. The standard InChI is InChI=1S/C27H41N/c1-3-5-6-7-22-8-10-23(11-9-22)24-12-14-25(15-13-24)26-16-19-27(21-28,18-4-2)20-17-26/h12-15,22-23,26H,3-11,16-20H2,1-2H3/t22-,23-,26-,27-. The Bertz CT molecular complexity index is 607. The Morgan fingerprint density at radius 2 is 1.39 bits per heavy atom. The lowest BCUT2D eigenvalue weighted by molar-refractivity contribution is 0.228. The molecule has 0 spiro atoms. The zero-order valence-corrected chi connectivity index (χ0v) is 18.4. The summed E-state index contributed by atoms with van der Waals surface area (Å²) >= 11 is 0. The van der Waals surface area contributed by atoms with Gasteiger partial charge in [-0.3, -0.25) is 0 Å². The van der Waals surface area contributed by atoms with E-state index < -0.39 is 0 Å². The van der Waals surface area contributed by atoms with Gasteiger partial charge in [-0.25, -0.2) is 0 Å². The second-order valence-electron chi connectivity index (χ2n) is 9.80. The Labute approximate surface area is 173 Å². The van der Waals surface area contributed by atoms with E-state index in [2.05, 4.69) is 44.2 Å². The molecule has 2 aliphatic carbocycles. The number of hydrogen-bond donors (Lipinski definition) is 0. The number of unbranched alkanes of at least 4 members (excludes halogenated alkanes) is 2. The molecule has 2 fully saturated rings. The van der Waals surface area contributed by atoms with Crippen molar-refractivity contribution in [2.45, 2.75) is 116 Å². The maximum atomic E-state index is 9.64. The molecule has 0 radical (unpaired) electrons. The quantitative estimate of drug-likeness (QED) is 0.415. The van der Waals surface area contributed by atoms with Crippen molar-refractivity contribution in [3.63, 3.8) is 0 Å². The third-order valence-electron chi connectivity index (χ3n) is 7.85. The largest absolute Gasteiger partial charge is 0.198 e. The molecular weight excluding hydrogens is 338 g/mol. The zero-order chi connectivity index (χ0) is 19.8. The van der Waals surface area contributed by atoms with Crippen LogP contribution in [0.15, 0.2) is 24.3 Å². The minimum absolute atomic E-state index is 0.0268. The highest BCUT2D eigenvalue weighted by Crippen LogP contribution is 2.45. The molecular formula is C27H41N. The summed E-state index contributed by atoms with van der Waals surface area (Å²) in [5.41, 5.74) is 3.06. The van der Waals surface area contributed by atoms with Gasteiger partial charge < -0.3 is 0 Å². The molecule has 1 heteroatoms. The van der Waals surface area contributed by atoms with Crippen LogP contribution < -0.4 is 0 Å². The molecule has 28 heavy (non-hydrogen) atoms. The van der Waals surface area contributed by atoms with Gasteiger partial charge in [0, 0.05) is 0 Å². The van der Waals surface area contributed by atoms with Crippen LogP contribution in [0.3, 0.4) is 0 Å². The molecule has 0 atom stereocenters. The molecule has 1 aromatic rings. The first-order chi connectivity index (χ1) is 13.7. The van der Waals surface area contributed by atoms with Crippen molar-refractivity contribution in [1.82, 2.24) is 0 Å². The number of nitrogens with zero attached hydrogens (tertiary/aromatic N) is 1. The highest BCUT2D eigenvalue weighted by Gasteiger charge is 2.35. The summed E-state index contributed by atoms with van der Waals surface area (Å²) in [5.74, 6) is 2.45. The fourth-order valence-corrected chi connectivity index (χ4v) is 5.91. The van der Waals surface area contributed by atoms with Gasteiger partial charge in [0.2, 0.25) is 0 Å². The van der Waals surface area contributed by atoms with Gasteiger partial charge >= 0.3 is 0 Å². The van der Waals surface area contributed by atoms with Crippen molar-refractivity contribution < 1.29 is 0 Å². The molecule has 1 nitrogen and oxygen atoms in total. The molecule has 0 bridgehead atoms. The van der Waals surface area contributed by atoms with Crippen LogP contribution in [-0.4, -0.2) is 0 Å². The predicted octanol–water partition coefficient (Wildman–Crippen LogP) is 8.51. The van der Waals surface area contributed by atoms with Crippen LogP contribution in [0.5, 0.6) is 0 Å². The van der Waals surface area contributed by atoms with E-state index >= 15 is 0 Å². The summed E-state index contributed by atoms with van der Waals surface area (Å²) in [6.07, 6.45) is 18.1. The van der Waals surface area contributed by atoms with Gasteiger partial charge in [0.05, 0.1) is 11.5 Å². The molecule has 0 heterocycles. The highest BCUT2D eigenvalue weighted by molar-refractivity contribution is 5.29. The number of nitriles is 1. The van der Waals surface area contributed by atoms with Crippen molar-refractivity contribution in [2.24, 2.45) is 11.3 Å². The van der Waals surface area contributed by atoms with E-state index in [0.717, 1.165) is 37.5 Å². The monoisotopic (exact) mass is 379 g/mol. The van der Waals surface area contributed by atoms with Crippen molar-refractivity contribution in [1.29, 1.82) is 5.26 Å². The van der Waals surface area contributed by atoms with E-state index in [9.17, 15) is 5.26 Å². The van der Waals surface area contributed by atoms with Gasteiger partial charge in [0.15, 0.2) is 0 Å². The van der Waals surface area contributed by atoms with Crippen LogP contribution in [-0.2, 0) is 0 Å². The van der Waals surface area contributed by atoms with Crippen molar-refractivity contribution in [2.75, 3.05) is 0 Å². The van der Waals surface area contributed by atoms with E-state index in [1.54, 1.807) is 5.56 Å². The second kappa shape index (κ2) is 10.5. The summed E-state index contributed by atoms with van der Waals surface area (Å²) in [4.78, 5) is 0. The predicted molar refractivity (Wildman–Crippen MR) is 119 cm³/mol. The Morgan fingerprint density at radius 3 is 1.89 bits per heavy atom. The minimum Gasteiger partial charge on any atom is -0.198 e. The van der Waals surface area contributed by atoms with Gasteiger partial charge in [-0.1, -0.05) is 70.2 Å². The van der Waals surface area contributed by atoms with E-state index in [1.165, 1.54) is 69.8 Å². The fraction of sp³-hybridized carbons (Fsp3) is 0.741. The first-order valence-electron chi connectivity index (χ1n) is 12.2. The van der Waals surface area contributed by atoms with Crippen LogP contribution in [0.2, 0.25) is 0 Å². The van der Waals surface area contributed by atoms with Crippen LogP contribution in [0.1, 0.15) is 127 Å². The third kappa shape index (κ3) is 5.40. The molecule has 3 rings (SSSR count).